The summed E-state index contributed by atoms with van der Waals surface area (Å²) in [5.41, 5.74) is 0. The first-order valence-electron chi connectivity index (χ1n) is 5.04. The Hall–Kier alpha value is -0.940. The van der Waals surface area contributed by atoms with Crippen LogP contribution in [0.2, 0.25) is 0 Å². The van der Waals surface area contributed by atoms with E-state index in [4.69, 9.17) is 5.11 Å². The number of nitrogens with zero attached hydrogens (tertiary/aromatic N) is 1. The van der Waals surface area contributed by atoms with E-state index in [0.717, 1.165) is 24.4 Å². The minimum Gasteiger partial charge on any atom is -0.481 e. The first-order valence-corrected chi connectivity index (χ1v) is 5.92. The zero-order valence-corrected chi connectivity index (χ0v) is 9.59. The Morgan fingerprint density at radius 2 is 2.47 bits per heavy atom. The Labute approximate surface area is 93.4 Å². The number of nitrogens with one attached hydrogen (secondary N) is 1. The van der Waals surface area contributed by atoms with Crippen molar-refractivity contribution in [3.05, 3.63) is 16.6 Å². The van der Waals surface area contributed by atoms with Crippen molar-refractivity contribution in [3.8, 4) is 0 Å². The van der Waals surface area contributed by atoms with Gasteiger partial charge in [0.15, 0.2) is 0 Å². The molecule has 1 heterocycles. The van der Waals surface area contributed by atoms with Gasteiger partial charge in [-0.2, -0.15) is 0 Å². The lowest BCUT2D eigenvalue weighted by molar-refractivity contribution is -0.137. The smallest absolute Gasteiger partial charge is 0.303 e. The van der Waals surface area contributed by atoms with Crippen LogP contribution in [0.5, 0.6) is 0 Å². The number of rotatable bonds is 7. The number of carboxylic acids is 1. The zero-order valence-electron chi connectivity index (χ0n) is 8.77. The van der Waals surface area contributed by atoms with Crippen LogP contribution in [-0.2, 0) is 4.79 Å². The monoisotopic (exact) mass is 228 g/mol. The fraction of sp³-hybridized carbons (Fsp3) is 0.600. The molecule has 0 bridgehead atoms. The molecule has 84 valence electrons. The molecule has 0 radical (unpaired) electrons. The zero-order chi connectivity index (χ0) is 11.1. The highest BCUT2D eigenvalue weighted by Crippen LogP contribution is 2.14. The molecule has 0 aliphatic carbocycles. The van der Waals surface area contributed by atoms with Gasteiger partial charge in [-0.3, -0.25) is 4.79 Å². The van der Waals surface area contributed by atoms with Crippen molar-refractivity contribution in [1.29, 1.82) is 0 Å². The van der Waals surface area contributed by atoms with Crippen molar-refractivity contribution < 1.29 is 9.90 Å². The van der Waals surface area contributed by atoms with Gasteiger partial charge in [0.1, 0.15) is 5.01 Å². The first-order chi connectivity index (χ1) is 7.20. The van der Waals surface area contributed by atoms with Crippen molar-refractivity contribution >= 4 is 17.3 Å². The summed E-state index contributed by atoms with van der Waals surface area (Å²) in [6.07, 6.45) is 3.67. The maximum absolute atomic E-state index is 10.3. The molecule has 0 amide bonds. The molecule has 15 heavy (non-hydrogen) atoms. The molecule has 4 nitrogen and oxygen atoms in total. The molecule has 0 aliphatic rings. The largest absolute Gasteiger partial charge is 0.481 e. The maximum Gasteiger partial charge on any atom is 0.303 e. The molecule has 5 heteroatoms. The van der Waals surface area contributed by atoms with Gasteiger partial charge >= 0.3 is 5.97 Å². The topological polar surface area (TPSA) is 62.2 Å². The third kappa shape index (κ3) is 4.90. The third-order valence-corrected chi connectivity index (χ3v) is 3.05. The highest BCUT2D eigenvalue weighted by atomic mass is 32.1. The van der Waals surface area contributed by atoms with Crippen molar-refractivity contribution in [1.82, 2.24) is 10.3 Å². The van der Waals surface area contributed by atoms with E-state index in [2.05, 4.69) is 17.2 Å². The predicted octanol–water partition coefficient (Wildman–Crippen LogP) is 2.05. The lowest BCUT2D eigenvalue weighted by Crippen LogP contribution is -2.19. The van der Waals surface area contributed by atoms with E-state index in [-0.39, 0.29) is 12.5 Å². The number of aromatic nitrogens is 1. The number of hydrogen-bond donors (Lipinski definition) is 2. The average molecular weight is 228 g/mol. The highest BCUT2D eigenvalue weighted by Gasteiger charge is 2.06. The number of hydrogen-bond acceptors (Lipinski definition) is 4. The molecule has 1 unspecified atom stereocenters. The summed E-state index contributed by atoms with van der Waals surface area (Å²) in [5, 5.41) is 14.8. The second-order valence-corrected chi connectivity index (χ2v) is 4.32. The normalized spacial score (nSPS) is 12.6. The third-order valence-electron chi connectivity index (χ3n) is 2.09. The predicted molar refractivity (Wildman–Crippen MR) is 60.0 cm³/mol. The van der Waals surface area contributed by atoms with Gasteiger partial charge in [0.2, 0.25) is 0 Å². The van der Waals surface area contributed by atoms with Gasteiger partial charge in [0, 0.05) is 18.0 Å². The summed E-state index contributed by atoms with van der Waals surface area (Å²) in [4.78, 5) is 14.5. The second kappa shape index (κ2) is 6.53. The van der Waals surface area contributed by atoms with Crippen LogP contribution in [0.15, 0.2) is 11.6 Å². The molecule has 0 saturated carbocycles. The van der Waals surface area contributed by atoms with Crippen molar-refractivity contribution in [2.24, 2.45) is 0 Å². The van der Waals surface area contributed by atoms with Crippen LogP contribution in [0, 0.1) is 0 Å². The van der Waals surface area contributed by atoms with Crippen molar-refractivity contribution in [3.63, 3.8) is 0 Å². The van der Waals surface area contributed by atoms with Crippen LogP contribution >= 0.6 is 11.3 Å². The van der Waals surface area contributed by atoms with Gasteiger partial charge in [-0.05, 0) is 26.3 Å². The van der Waals surface area contributed by atoms with Gasteiger partial charge < -0.3 is 10.4 Å². The van der Waals surface area contributed by atoms with E-state index < -0.39 is 5.97 Å². The second-order valence-electron chi connectivity index (χ2n) is 3.40. The summed E-state index contributed by atoms with van der Waals surface area (Å²) in [5.74, 6) is -0.719. The molecular weight excluding hydrogens is 212 g/mol. The standard InChI is InChI=1S/C10H16N2O2S/c1-8(10-12-6-7-15-10)11-5-3-2-4-9(13)14/h6-8,11H,2-5H2,1H3,(H,13,14). The highest BCUT2D eigenvalue weighted by molar-refractivity contribution is 7.09. The molecule has 0 saturated heterocycles. The van der Waals surface area contributed by atoms with E-state index in [1.54, 1.807) is 17.5 Å². The number of aliphatic carboxylic acids is 1. The van der Waals surface area contributed by atoms with Gasteiger partial charge in [0.05, 0.1) is 6.04 Å². The maximum atomic E-state index is 10.3. The van der Waals surface area contributed by atoms with E-state index in [0.29, 0.717) is 0 Å². The SMILES string of the molecule is CC(NCCCCC(=O)O)c1nccs1. The number of thiazole rings is 1. The fourth-order valence-electron chi connectivity index (χ4n) is 1.26. The lowest BCUT2D eigenvalue weighted by atomic mass is 10.2. The summed E-state index contributed by atoms with van der Waals surface area (Å²) >= 11 is 1.63. The molecular formula is C10H16N2O2S. The van der Waals surface area contributed by atoms with Crippen molar-refractivity contribution in [2.75, 3.05) is 6.54 Å². The van der Waals surface area contributed by atoms with Gasteiger partial charge in [-0.15, -0.1) is 11.3 Å². The molecule has 1 rings (SSSR count). The number of carboxylic acid groups (broad SMARTS) is 1. The molecule has 0 aromatic carbocycles. The van der Waals surface area contributed by atoms with Gasteiger partial charge in [-0.25, -0.2) is 4.98 Å². The lowest BCUT2D eigenvalue weighted by Gasteiger charge is -2.10. The van der Waals surface area contributed by atoms with Crippen LogP contribution in [0.1, 0.15) is 37.2 Å². The Bertz CT molecular complexity index is 288. The molecule has 1 aromatic heterocycles. The van der Waals surface area contributed by atoms with Gasteiger partial charge in [0.25, 0.3) is 0 Å². The van der Waals surface area contributed by atoms with Crippen LogP contribution in [0.3, 0.4) is 0 Å². The number of unbranched alkanes of at least 4 members (excludes halogenated alkanes) is 1. The van der Waals surface area contributed by atoms with Crippen molar-refractivity contribution in [2.45, 2.75) is 32.2 Å². The average Bonchev–Trinajstić information content (AvgIpc) is 2.69. The molecule has 2 N–H and O–H groups in total. The van der Waals surface area contributed by atoms with Gasteiger partial charge in [-0.1, -0.05) is 0 Å². The summed E-state index contributed by atoms with van der Waals surface area (Å²) in [6.45, 7) is 2.91. The Balaban J connectivity index is 2.08. The molecule has 1 atom stereocenters. The van der Waals surface area contributed by atoms with Crippen LogP contribution in [-0.4, -0.2) is 22.6 Å². The minimum atomic E-state index is -0.719. The van der Waals surface area contributed by atoms with E-state index in [1.165, 1.54) is 0 Å². The summed E-state index contributed by atoms with van der Waals surface area (Å²) in [6, 6.07) is 0.259. The van der Waals surface area contributed by atoms with Crippen LogP contribution < -0.4 is 5.32 Å². The Morgan fingerprint density at radius 1 is 1.67 bits per heavy atom. The molecule has 1 aromatic rings. The minimum absolute atomic E-state index is 0.257. The van der Waals surface area contributed by atoms with Crippen LogP contribution in [0.25, 0.3) is 0 Å². The van der Waals surface area contributed by atoms with Crippen LogP contribution in [0.4, 0.5) is 0 Å². The van der Waals surface area contributed by atoms with E-state index >= 15 is 0 Å². The van der Waals surface area contributed by atoms with E-state index in [1.807, 2.05) is 5.38 Å². The molecule has 0 fully saturated rings. The molecule has 0 spiro atoms. The fourth-order valence-corrected chi connectivity index (χ4v) is 1.93. The number of carbonyl (C=O) groups is 1. The first kappa shape index (κ1) is 12.1. The summed E-state index contributed by atoms with van der Waals surface area (Å²) < 4.78 is 0. The summed E-state index contributed by atoms with van der Waals surface area (Å²) in [7, 11) is 0. The molecule has 0 aliphatic heterocycles. The Morgan fingerprint density at radius 3 is 3.07 bits per heavy atom. The quantitative estimate of drug-likeness (QED) is 0.701. The van der Waals surface area contributed by atoms with E-state index in [9.17, 15) is 4.79 Å². The Kier molecular flexibility index (Phi) is 5.28.